The standard InChI is InChI=1S/C12H19N2O2/c1-10-5-3-4-6-11(10)16-12(15)14-8-7-13(2)9-14/h7-11H,3-6H2,1-2H3/q+1/t10-,11+/m1/s1. The minimum absolute atomic E-state index is 0.0916. The van der Waals surface area contributed by atoms with Gasteiger partial charge in [-0.15, -0.1) is 4.57 Å². The molecule has 4 nitrogen and oxygen atoms in total. The van der Waals surface area contributed by atoms with Gasteiger partial charge in [-0.2, -0.15) is 4.79 Å². The molecule has 2 atom stereocenters. The van der Waals surface area contributed by atoms with E-state index in [-0.39, 0.29) is 12.2 Å². The van der Waals surface area contributed by atoms with E-state index in [1.165, 1.54) is 17.4 Å². The van der Waals surface area contributed by atoms with E-state index in [1.54, 1.807) is 12.5 Å². The van der Waals surface area contributed by atoms with Crippen molar-refractivity contribution in [2.45, 2.75) is 38.7 Å². The van der Waals surface area contributed by atoms with E-state index < -0.39 is 0 Å². The summed E-state index contributed by atoms with van der Waals surface area (Å²) in [4.78, 5) is 11.8. The molecular formula is C12H19N2O2+. The van der Waals surface area contributed by atoms with Crippen molar-refractivity contribution in [1.29, 1.82) is 0 Å². The van der Waals surface area contributed by atoms with Crippen LogP contribution >= 0.6 is 0 Å². The lowest BCUT2D eigenvalue weighted by atomic mass is 9.88. The van der Waals surface area contributed by atoms with Crippen molar-refractivity contribution < 1.29 is 14.1 Å². The number of carbonyl (C=O) groups is 1. The highest BCUT2D eigenvalue weighted by molar-refractivity contribution is 5.69. The summed E-state index contributed by atoms with van der Waals surface area (Å²) in [7, 11) is 1.88. The number of nitrogens with zero attached hydrogens (tertiary/aromatic N) is 2. The third kappa shape index (κ3) is 2.43. The van der Waals surface area contributed by atoms with Crippen LogP contribution in [0.2, 0.25) is 0 Å². The van der Waals surface area contributed by atoms with Crippen LogP contribution in [0.1, 0.15) is 32.6 Å². The molecule has 0 aromatic carbocycles. The predicted molar refractivity (Wildman–Crippen MR) is 58.9 cm³/mol. The Morgan fingerprint density at radius 2 is 2.19 bits per heavy atom. The first-order chi connectivity index (χ1) is 7.66. The molecule has 0 spiro atoms. The third-order valence-electron chi connectivity index (χ3n) is 3.26. The normalized spacial score (nSPS) is 25.4. The molecule has 0 unspecified atom stereocenters. The van der Waals surface area contributed by atoms with E-state index in [4.69, 9.17) is 4.74 Å². The summed E-state index contributed by atoms with van der Waals surface area (Å²) in [6.07, 6.45) is 9.68. The molecule has 1 saturated carbocycles. The molecule has 1 aliphatic carbocycles. The minimum atomic E-state index is -0.264. The van der Waals surface area contributed by atoms with Gasteiger partial charge in [0.25, 0.3) is 6.33 Å². The molecule has 88 valence electrons. The second-order valence-electron chi connectivity index (χ2n) is 4.67. The number of aryl methyl sites for hydroxylation is 1. The number of hydrogen-bond donors (Lipinski definition) is 0. The van der Waals surface area contributed by atoms with Crippen LogP contribution in [0.5, 0.6) is 0 Å². The molecule has 1 aliphatic rings. The Morgan fingerprint density at radius 3 is 2.81 bits per heavy atom. The smallest absolute Gasteiger partial charge is 0.427 e. The molecule has 1 fully saturated rings. The highest BCUT2D eigenvalue weighted by atomic mass is 16.6. The number of ether oxygens (including phenoxy) is 1. The Kier molecular flexibility index (Phi) is 3.27. The van der Waals surface area contributed by atoms with Gasteiger partial charge in [0.15, 0.2) is 0 Å². The first-order valence-corrected chi connectivity index (χ1v) is 5.91. The Hall–Kier alpha value is -1.32. The number of carbonyl (C=O) groups excluding carboxylic acids is 1. The Balaban J connectivity index is 1.96. The molecule has 2 rings (SSSR count). The second kappa shape index (κ2) is 4.68. The van der Waals surface area contributed by atoms with Crippen molar-refractivity contribution in [1.82, 2.24) is 4.57 Å². The number of imidazole rings is 1. The van der Waals surface area contributed by atoms with Gasteiger partial charge in [0, 0.05) is 0 Å². The van der Waals surface area contributed by atoms with Crippen LogP contribution in [0.15, 0.2) is 18.7 Å². The highest BCUT2D eigenvalue weighted by Crippen LogP contribution is 2.26. The lowest BCUT2D eigenvalue weighted by molar-refractivity contribution is -0.670. The van der Waals surface area contributed by atoms with Gasteiger partial charge in [0.2, 0.25) is 0 Å². The topological polar surface area (TPSA) is 35.1 Å². The lowest BCUT2D eigenvalue weighted by Crippen LogP contribution is -2.31. The number of aromatic nitrogens is 2. The molecule has 0 N–H and O–H groups in total. The van der Waals surface area contributed by atoms with E-state index >= 15 is 0 Å². The predicted octanol–water partition coefficient (Wildman–Crippen LogP) is 1.88. The largest absolute Gasteiger partial charge is 0.511 e. The van der Waals surface area contributed by atoms with Gasteiger partial charge in [-0.1, -0.05) is 13.3 Å². The second-order valence-corrected chi connectivity index (χ2v) is 4.67. The van der Waals surface area contributed by atoms with Gasteiger partial charge < -0.3 is 4.74 Å². The zero-order chi connectivity index (χ0) is 11.5. The molecular weight excluding hydrogens is 204 g/mol. The summed E-state index contributed by atoms with van der Waals surface area (Å²) < 4.78 is 8.83. The monoisotopic (exact) mass is 223 g/mol. The average molecular weight is 223 g/mol. The van der Waals surface area contributed by atoms with E-state index in [9.17, 15) is 4.79 Å². The first-order valence-electron chi connectivity index (χ1n) is 5.91. The summed E-state index contributed by atoms with van der Waals surface area (Å²) in [5, 5.41) is 0. The maximum atomic E-state index is 11.8. The lowest BCUT2D eigenvalue weighted by Gasteiger charge is -2.27. The Labute approximate surface area is 95.8 Å². The fourth-order valence-electron chi connectivity index (χ4n) is 2.21. The van der Waals surface area contributed by atoms with Crippen molar-refractivity contribution in [2.24, 2.45) is 13.0 Å². The third-order valence-corrected chi connectivity index (χ3v) is 3.26. The summed E-state index contributed by atoms with van der Waals surface area (Å²) in [6.45, 7) is 2.16. The van der Waals surface area contributed by atoms with Crippen molar-refractivity contribution >= 4 is 6.09 Å². The summed E-state index contributed by atoms with van der Waals surface area (Å²) >= 11 is 0. The number of hydrogen-bond acceptors (Lipinski definition) is 2. The Bertz CT molecular complexity index is 373. The maximum Gasteiger partial charge on any atom is 0.511 e. The minimum Gasteiger partial charge on any atom is -0.427 e. The van der Waals surface area contributed by atoms with Crippen molar-refractivity contribution in [3.63, 3.8) is 0 Å². The maximum absolute atomic E-state index is 11.8. The van der Waals surface area contributed by atoms with Crippen LogP contribution in [0, 0.1) is 5.92 Å². The molecule has 4 heteroatoms. The fourth-order valence-corrected chi connectivity index (χ4v) is 2.21. The van der Waals surface area contributed by atoms with Crippen molar-refractivity contribution in [2.75, 3.05) is 0 Å². The fraction of sp³-hybridized carbons (Fsp3) is 0.667. The van der Waals surface area contributed by atoms with Gasteiger partial charge in [-0.3, -0.25) is 0 Å². The number of rotatable bonds is 1. The molecule has 16 heavy (non-hydrogen) atoms. The SMILES string of the molecule is C[C@@H]1CCCC[C@@H]1OC(=O)n1cc[n+](C)c1. The average Bonchev–Trinajstić information content (AvgIpc) is 2.68. The summed E-state index contributed by atoms with van der Waals surface area (Å²) in [5.74, 6) is 0.488. The molecule has 1 aromatic heterocycles. The van der Waals surface area contributed by atoms with Gasteiger partial charge >= 0.3 is 6.09 Å². The van der Waals surface area contributed by atoms with Crippen molar-refractivity contribution in [3.05, 3.63) is 18.7 Å². The molecule has 0 aliphatic heterocycles. The molecule has 0 bridgehead atoms. The van der Waals surface area contributed by atoms with Crippen LogP contribution in [-0.4, -0.2) is 16.8 Å². The van der Waals surface area contributed by atoms with Gasteiger partial charge in [0.1, 0.15) is 18.5 Å². The van der Waals surface area contributed by atoms with E-state index in [1.807, 2.05) is 17.8 Å². The molecule has 0 amide bonds. The molecule has 0 saturated heterocycles. The highest BCUT2D eigenvalue weighted by Gasteiger charge is 2.27. The summed E-state index contributed by atoms with van der Waals surface area (Å²) in [5.41, 5.74) is 0. The molecule has 0 radical (unpaired) electrons. The van der Waals surface area contributed by atoms with Gasteiger partial charge in [-0.05, 0) is 25.2 Å². The zero-order valence-electron chi connectivity index (χ0n) is 9.93. The van der Waals surface area contributed by atoms with E-state index in [0.717, 1.165) is 12.8 Å². The van der Waals surface area contributed by atoms with Crippen LogP contribution in [0.4, 0.5) is 4.79 Å². The van der Waals surface area contributed by atoms with Gasteiger partial charge in [-0.25, -0.2) is 4.57 Å². The molecule has 1 heterocycles. The van der Waals surface area contributed by atoms with Crippen LogP contribution in [0.25, 0.3) is 0 Å². The van der Waals surface area contributed by atoms with Gasteiger partial charge in [0.05, 0.1) is 7.05 Å². The van der Waals surface area contributed by atoms with E-state index in [2.05, 4.69) is 6.92 Å². The zero-order valence-corrected chi connectivity index (χ0v) is 9.93. The van der Waals surface area contributed by atoms with E-state index in [0.29, 0.717) is 5.92 Å². The van der Waals surface area contributed by atoms with Crippen LogP contribution in [-0.2, 0) is 11.8 Å². The quantitative estimate of drug-likeness (QED) is 0.681. The van der Waals surface area contributed by atoms with Crippen molar-refractivity contribution in [3.8, 4) is 0 Å². The Morgan fingerprint density at radius 1 is 1.44 bits per heavy atom. The first kappa shape index (κ1) is 11.2. The van der Waals surface area contributed by atoms with Crippen LogP contribution in [0.3, 0.4) is 0 Å². The summed E-state index contributed by atoms with van der Waals surface area (Å²) in [6, 6.07) is 0. The molecule has 1 aromatic rings. The van der Waals surface area contributed by atoms with Crippen LogP contribution < -0.4 is 4.57 Å².